The number of hydrogen-bond donors (Lipinski definition) is 0. The molecule has 1 aromatic heterocycles. The quantitative estimate of drug-likeness (QED) is 0.697. The first-order valence-corrected chi connectivity index (χ1v) is 5.13. The molecule has 0 aliphatic heterocycles. The summed E-state index contributed by atoms with van der Waals surface area (Å²) in [5.41, 5.74) is 1.07. The van der Waals surface area contributed by atoms with Crippen LogP contribution < -0.4 is 0 Å². The highest BCUT2D eigenvalue weighted by Gasteiger charge is 2.31. The highest BCUT2D eigenvalue weighted by Crippen LogP contribution is 2.28. The number of carbonyl (C=O) groups is 1. The summed E-state index contributed by atoms with van der Waals surface area (Å²) >= 11 is 0. The molecule has 2 rings (SSSR count). The zero-order valence-corrected chi connectivity index (χ0v) is 8.60. The average Bonchev–Trinajstić information content (AvgIpc) is 3.10. The molecule has 3 heteroatoms. The van der Waals surface area contributed by atoms with Crippen molar-refractivity contribution in [2.24, 2.45) is 0 Å². The Balaban J connectivity index is 2.07. The Morgan fingerprint density at radius 1 is 1.67 bits per heavy atom. The van der Waals surface area contributed by atoms with E-state index in [9.17, 15) is 4.79 Å². The van der Waals surface area contributed by atoms with Crippen molar-refractivity contribution < 1.29 is 4.79 Å². The van der Waals surface area contributed by atoms with Gasteiger partial charge in [-0.15, -0.1) is 0 Å². The first-order chi connectivity index (χ1) is 7.31. The minimum Gasteiger partial charge on any atom is -0.332 e. The van der Waals surface area contributed by atoms with Gasteiger partial charge in [0.2, 0.25) is 5.91 Å². The normalized spacial score (nSPS) is 14.7. The summed E-state index contributed by atoms with van der Waals surface area (Å²) in [5, 5.41) is 0. The number of amides is 1. The maximum Gasteiger partial charge on any atom is 0.246 e. The predicted molar refractivity (Wildman–Crippen MR) is 58.0 cm³/mol. The first kappa shape index (κ1) is 9.90. The summed E-state index contributed by atoms with van der Waals surface area (Å²) in [6.45, 7) is 4.17. The number of nitrogens with zero attached hydrogens (tertiary/aromatic N) is 2. The van der Waals surface area contributed by atoms with E-state index in [-0.39, 0.29) is 5.91 Å². The standard InChI is InChI=1S/C12H14N2O/c1-2-12(15)14(11-5-6-11)9-10-4-3-7-13-8-10/h2-4,7-8,11H,1,5-6,9H2. The molecule has 1 amide bonds. The van der Waals surface area contributed by atoms with Crippen LogP contribution >= 0.6 is 0 Å². The molecule has 1 heterocycles. The Morgan fingerprint density at radius 2 is 2.47 bits per heavy atom. The molecule has 0 bridgehead atoms. The summed E-state index contributed by atoms with van der Waals surface area (Å²) in [6.07, 6.45) is 7.14. The number of rotatable bonds is 4. The van der Waals surface area contributed by atoms with Gasteiger partial charge < -0.3 is 4.90 Å². The zero-order valence-electron chi connectivity index (χ0n) is 8.60. The van der Waals surface area contributed by atoms with Crippen LogP contribution in [0.2, 0.25) is 0 Å². The summed E-state index contributed by atoms with van der Waals surface area (Å²) in [4.78, 5) is 17.5. The van der Waals surface area contributed by atoms with E-state index in [0.717, 1.165) is 18.4 Å². The molecule has 3 nitrogen and oxygen atoms in total. The molecular formula is C12H14N2O. The van der Waals surface area contributed by atoms with E-state index >= 15 is 0 Å². The van der Waals surface area contributed by atoms with Crippen LogP contribution in [-0.4, -0.2) is 21.8 Å². The number of carbonyl (C=O) groups excluding carboxylic acids is 1. The van der Waals surface area contributed by atoms with E-state index in [1.165, 1.54) is 6.08 Å². The topological polar surface area (TPSA) is 33.2 Å². The molecule has 1 saturated carbocycles. The highest BCUT2D eigenvalue weighted by molar-refractivity contribution is 5.87. The van der Waals surface area contributed by atoms with Crippen molar-refractivity contribution in [3.8, 4) is 0 Å². The van der Waals surface area contributed by atoms with Gasteiger partial charge in [-0.2, -0.15) is 0 Å². The van der Waals surface area contributed by atoms with Crippen molar-refractivity contribution in [2.45, 2.75) is 25.4 Å². The van der Waals surface area contributed by atoms with Crippen molar-refractivity contribution in [1.82, 2.24) is 9.88 Å². The molecule has 1 aromatic rings. The van der Waals surface area contributed by atoms with Crippen molar-refractivity contribution in [2.75, 3.05) is 0 Å². The van der Waals surface area contributed by atoms with Gasteiger partial charge in [-0.3, -0.25) is 9.78 Å². The fourth-order valence-corrected chi connectivity index (χ4v) is 1.58. The maximum absolute atomic E-state index is 11.6. The largest absolute Gasteiger partial charge is 0.332 e. The molecule has 78 valence electrons. The van der Waals surface area contributed by atoms with Gasteiger partial charge in [0.1, 0.15) is 0 Å². The third-order valence-corrected chi connectivity index (χ3v) is 2.52. The fourth-order valence-electron chi connectivity index (χ4n) is 1.58. The van der Waals surface area contributed by atoms with E-state index in [4.69, 9.17) is 0 Å². The summed E-state index contributed by atoms with van der Waals surface area (Å²) in [6, 6.07) is 4.29. The summed E-state index contributed by atoms with van der Waals surface area (Å²) in [7, 11) is 0. The Hall–Kier alpha value is -1.64. The molecule has 0 aromatic carbocycles. The smallest absolute Gasteiger partial charge is 0.246 e. The Kier molecular flexibility index (Phi) is 2.81. The lowest BCUT2D eigenvalue weighted by Gasteiger charge is -2.20. The lowest BCUT2D eigenvalue weighted by Crippen LogP contribution is -2.30. The van der Waals surface area contributed by atoms with Gasteiger partial charge in [-0.1, -0.05) is 12.6 Å². The second-order valence-electron chi connectivity index (χ2n) is 3.76. The third-order valence-electron chi connectivity index (χ3n) is 2.52. The maximum atomic E-state index is 11.6. The number of aromatic nitrogens is 1. The van der Waals surface area contributed by atoms with Gasteiger partial charge in [0.25, 0.3) is 0 Å². The van der Waals surface area contributed by atoms with Crippen molar-refractivity contribution in [3.63, 3.8) is 0 Å². The van der Waals surface area contributed by atoms with Crippen LogP contribution in [0.15, 0.2) is 37.2 Å². The third kappa shape index (κ3) is 2.43. The molecule has 0 radical (unpaired) electrons. The van der Waals surface area contributed by atoms with E-state index in [2.05, 4.69) is 11.6 Å². The lowest BCUT2D eigenvalue weighted by atomic mass is 10.2. The van der Waals surface area contributed by atoms with Crippen LogP contribution in [0.4, 0.5) is 0 Å². The molecule has 0 N–H and O–H groups in total. The van der Waals surface area contributed by atoms with Crippen LogP contribution in [0.1, 0.15) is 18.4 Å². The minimum atomic E-state index is 0.0151. The Labute approximate surface area is 89.4 Å². The molecule has 0 unspecified atom stereocenters. The molecule has 0 atom stereocenters. The van der Waals surface area contributed by atoms with Crippen molar-refractivity contribution >= 4 is 5.91 Å². The second kappa shape index (κ2) is 4.26. The molecule has 1 aliphatic carbocycles. The van der Waals surface area contributed by atoms with Gasteiger partial charge >= 0.3 is 0 Å². The van der Waals surface area contributed by atoms with Crippen molar-refractivity contribution in [3.05, 3.63) is 42.7 Å². The lowest BCUT2D eigenvalue weighted by molar-refractivity contribution is -0.127. The summed E-state index contributed by atoms with van der Waals surface area (Å²) < 4.78 is 0. The molecular weight excluding hydrogens is 188 g/mol. The number of pyridine rings is 1. The highest BCUT2D eigenvalue weighted by atomic mass is 16.2. The van der Waals surface area contributed by atoms with E-state index in [1.807, 2.05) is 17.0 Å². The van der Waals surface area contributed by atoms with Crippen LogP contribution in [0.5, 0.6) is 0 Å². The first-order valence-electron chi connectivity index (χ1n) is 5.13. The van der Waals surface area contributed by atoms with Gasteiger partial charge in [-0.05, 0) is 30.5 Å². The van der Waals surface area contributed by atoms with Crippen molar-refractivity contribution in [1.29, 1.82) is 0 Å². The summed E-state index contributed by atoms with van der Waals surface area (Å²) in [5.74, 6) is 0.0151. The van der Waals surface area contributed by atoms with E-state index < -0.39 is 0 Å². The molecule has 1 fully saturated rings. The average molecular weight is 202 g/mol. The van der Waals surface area contributed by atoms with Crippen LogP contribution in [-0.2, 0) is 11.3 Å². The minimum absolute atomic E-state index is 0.0151. The van der Waals surface area contributed by atoms with Gasteiger partial charge in [0, 0.05) is 25.0 Å². The van der Waals surface area contributed by atoms with Crippen LogP contribution in [0, 0.1) is 0 Å². The molecule has 0 saturated heterocycles. The Morgan fingerprint density at radius 3 is 3.00 bits per heavy atom. The van der Waals surface area contributed by atoms with E-state index in [1.54, 1.807) is 12.4 Å². The molecule has 0 spiro atoms. The van der Waals surface area contributed by atoms with Gasteiger partial charge in [-0.25, -0.2) is 0 Å². The van der Waals surface area contributed by atoms with Crippen LogP contribution in [0.3, 0.4) is 0 Å². The van der Waals surface area contributed by atoms with Gasteiger partial charge in [0.15, 0.2) is 0 Å². The molecule has 15 heavy (non-hydrogen) atoms. The monoisotopic (exact) mass is 202 g/mol. The van der Waals surface area contributed by atoms with Gasteiger partial charge in [0.05, 0.1) is 0 Å². The molecule has 1 aliphatic rings. The fraction of sp³-hybridized carbons (Fsp3) is 0.333. The SMILES string of the molecule is C=CC(=O)N(Cc1cccnc1)C1CC1. The van der Waals surface area contributed by atoms with E-state index in [0.29, 0.717) is 12.6 Å². The van der Waals surface area contributed by atoms with Crippen LogP contribution in [0.25, 0.3) is 0 Å². The zero-order chi connectivity index (χ0) is 10.7. The Bertz CT molecular complexity index is 357. The second-order valence-corrected chi connectivity index (χ2v) is 3.76. The predicted octanol–water partition coefficient (Wildman–Crippen LogP) is 1.76. The number of hydrogen-bond acceptors (Lipinski definition) is 2.